The van der Waals surface area contributed by atoms with Crippen LogP contribution in [0.4, 0.5) is 5.82 Å². The lowest BCUT2D eigenvalue weighted by Crippen LogP contribution is -2.27. The molecule has 0 unspecified atom stereocenters. The molecule has 3 rings (SSSR count). The summed E-state index contributed by atoms with van der Waals surface area (Å²) in [6.45, 7) is 6.16. The third kappa shape index (κ3) is 3.78. The molecule has 0 amide bonds. The van der Waals surface area contributed by atoms with E-state index in [1.807, 2.05) is 18.2 Å². The summed E-state index contributed by atoms with van der Waals surface area (Å²) >= 11 is 6.08. The largest absolute Gasteiger partial charge is 0.465 e. The Balaban J connectivity index is 2.26. The smallest absolute Gasteiger partial charge is 0.338 e. The van der Waals surface area contributed by atoms with Crippen molar-refractivity contribution in [2.24, 2.45) is 0 Å². The maximum Gasteiger partial charge on any atom is 0.338 e. The van der Waals surface area contributed by atoms with Crippen molar-refractivity contribution in [1.29, 1.82) is 0 Å². The Morgan fingerprint density at radius 1 is 1.19 bits per heavy atom. The molecule has 0 aliphatic carbocycles. The summed E-state index contributed by atoms with van der Waals surface area (Å²) < 4.78 is 4.90. The number of esters is 1. The van der Waals surface area contributed by atoms with Crippen molar-refractivity contribution in [1.82, 2.24) is 9.97 Å². The highest BCUT2D eigenvalue weighted by atomic mass is 35.5. The Bertz CT molecular complexity index is 980. The second kappa shape index (κ2) is 6.92. The van der Waals surface area contributed by atoms with E-state index in [-0.39, 0.29) is 5.54 Å². The van der Waals surface area contributed by atoms with Crippen LogP contribution in [0.2, 0.25) is 5.15 Å². The van der Waals surface area contributed by atoms with Crippen molar-refractivity contribution in [2.75, 3.05) is 12.4 Å². The average Bonchev–Trinajstić information content (AvgIpc) is 2.60. The Labute approximate surface area is 157 Å². The lowest BCUT2D eigenvalue weighted by Gasteiger charge is -2.23. The standard InChI is InChI=1S/C20H20ClN3O2/c1-20(2,3)24-18-15-10-17(21)22-11-12(15)9-16(23-18)13-7-5-6-8-14(13)19(25)26-4/h5-11H,1-4H3,(H,23,24). The molecule has 0 atom stereocenters. The molecule has 134 valence electrons. The number of methoxy groups -OCH3 is 1. The van der Waals surface area contributed by atoms with Crippen LogP contribution in [-0.4, -0.2) is 28.6 Å². The predicted octanol–water partition coefficient (Wildman–Crippen LogP) is 4.95. The minimum Gasteiger partial charge on any atom is -0.465 e. The minimum absolute atomic E-state index is 0.198. The summed E-state index contributed by atoms with van der Waals surface area (Å²) in [7, 11) is 1.37. The van der Waals surface area contributed by atoms with Crippen molar-refractivity contribution in [2.45, 2.75) is 26.3 Å². The van der Waals surface area contributed by atoms with Gasteiger partial charge >= 0.3 is 5.97 Å². The topological polar surface area (TPSA) is 64.1 Å². The van der Waals surface area contributed by atoms with E-state index in [9.17, 15) is 4.79 Å². The van der Waals surface area contributed by atoms with E-state index in [2.05, 4.69) is 31.1 Å². The van der Waals surface area contributed by atoms with Crippen LogP contribution in [0.1, 0.15) is 31.1 Å². The maximum absolute atomic E-state index is 12.1. The van der Waals surface area contributed by atoms with Crippen molar-refractivity contribution in [3.63, 3.8) is 0 Å². The predicted molar refractivity (Wildman–Crippen MR) is 105 cm³/mol. The number of hydrogen-bond donors (Lipinski definition) is 1. The van der Waals surface area contributed by atoms with Gasteiger partial charge in [0.2, 0.25) is 0 Å². The molecule has 5 nitrogen and oxygen atoms in total. The molecule has 1 aromatic carbocycles. The normalized spacial score (nSPS) is 11.4. The quantitative estimate of drug-likeness (QED) is 0.523. The SMILES string of the molecule is COC(=O)c1ccccc1-c1cc2cnc(Cl)cc2c(NC(C)(C)C)n1. The van der Waals surface area contributed by atoms with Crippen LogP contribution in [0.3, 0.4) is 0 Å². The summed E-state index contributed by atoms with van der Waals surface area (Å²) in [6, 6.07) is 10.9. The molecular formula is C20H20ClN3O2. The molecular weight excluding hydrogens is 350 g/mol. The number of rotatable bonds is 3. The van der Waals surface area contributed by atoms with Gasteiger partial charge in [-0.3, -0.25) is 0 Å². The number of ether oxygens (including phenoxy) is 1. The van der Waals surface area contributed by atoms with Gasteiger partial charge in [-0.05, 0) is 39.0 Å². The van der Waals surface area contributed by atoms with Crippen LogP contribution in [0.15, 0.2) is 42.6 Å². The number of hydrogen-bond acceptors (Lipinski definition) is 5. The zero-order chi connectivity index (χ0) is 18.9. The van der Waals surface area contributed by atoms with E-state index in [1.54, 1.807) is 24.4 Å². The second-order valence-electron chi connectivity index (χ2n) is 7.00. The summed E-state index contributed by atoms with van der Waals surface area (Å²) in [5.74, 6) is 0.288. The van der Waals surface area contributed by atoms with Crippen LogP contribution >= 0.6 is 11.6 Å². The van der Waals surface area contributed by atoms with E-state index >= 15 is 0 Å². The first-order valence-electron chi connectivity index (χ1n) is 8.21. The average molecular weight is 370 g/mol. The number of pyridine rings is 2. The number of aromatic nitrogens is 2. The molecule has 0 radical (unpaired) electrons. The molecule has 0 fully saturated rings. The van der Waals surface area contributed by atoms with Crippen LogP contribution < -0.4 is 5.32 Å². The zero-order valence-corrected chi connectivity index (χ0v) is 15.9. The fourth-order valence-corrected chi connectivity index (χ4v) is 2.86. The van der Waals surface area contributed by atoms with Gasteiger partial charge in [0.15, 0.2) is 0 Å². The van der Waals surface area contributed by atoms with E-state index in [0.717, 1.165) is 10.8 Å². The number of anilines is 1. The highest BCUT2D eigenvalue weighted by Crippen LogP contribution is 2.32. The molecule has 0 aliphatic rings. The van der Waals surface area contributed by atoms with Gasteiger partial charge in [0, 0.05) is 28.1 Å². The highest BCUT2D eigenvalue weighted by molar-refractivity contribution is 6.30. The Kier molecular flexibility index (Phi) is 4.83. The van der Waals surface area contributed by atoms with Crippen LogP contribution in [0.5, 0.6) is 0 Å². The number of halogens is 1. The van der Waals surface area contributed by atoms with Crippen LogP contribution in [0, 0.1) is 0 Å². The number of carbonyl (C=O) groups excluding carboxylic acids is 1. The minimum atomic E-state index is -0.401. The molecule has 26 heavy (non-hydrogen) atoms. The van der Waals surface area contributed by atoms with Crippen LogP contribution in [-0.2, 0) is 4.74 Å². The third-order valence-corrected chi connectivity index (χ3v) is 3.99. The summed E-state index contributed by atoms with van der Waals surface area (Å²) in [6.07, 6.45) is 1.71. The molecule has 0 aliphatic heterocycles. The number of benzene rings is 1. The Morgan fingerprint density at radius 2 is 1.92 bits per heavy atom. The van der Waals surface area contributed by atoms with Crippen LogP contribution in [0.25, 0.3) is 22.0 Å². The number of nitrogens with zero attached hydrogens (tertiary/aromatic N) is 2. The maximum atomic E-state index is 12.1. The van der Waals surface area contributed by atoms with Gasteiger partial charge in [-0.15, -0.1) is 0 Å². The van der Waals surface area contributed by atoms with Crippen molar-refractivity contribution >= 4 is 34.2 Å². The molecule has 2 heterocycles. The van der Waals surface area contributed by atoms with Gasteiger partial charge in [-0.1, -0.05) is 29.8 Å². The van der Waals surface area contributed by atoms with E-state index in [0.29, 0.717) is 27.8 Å². The molecule has 6 heteroatoms. The molecule has 2 aromatic heterocycles. The summed E-state index contributed by atoms with van der Waals surface area (Å²) in [5.41, 5.74) is 1.63. The van der Waals surface area contributed by atoms with Gasteiger partial charge in [0.05, 0.1) is 18.4 Å². The summed E-state index contributed by atoms with van der Waals surface area (Å²) in [4.78, 5) is 21.1. The van der Waals surface area contributed by atoms with Gasteiger partial charge in [-0.25, -0.2) is 14.8 Å². The third-order valence-electron chi connectivity index (χ3n) is 3.78. The lowest BCUT2D eigenvalue weighted by atomic mass is 10.0. The second-order valence-corrected chi connectivity index (χ2v) is 7.38. The monoisotopic (exact) mass is 369 g/mol. The van der Waals surface area contributed by atoms with Gasteiger partial charge in [0.1, 0.15) is 11.0 Å². The first-order chi connectivity index (χ1) is 12.3. The molecule has 3 aromatic rings. The van der Waals surface area contributed by atoms with E-state index < -0.39 is 5.97 Å². The fourth-order valence-electron chi connectivity index (χ4n) is 2.70. The van der Waals surface area contributed by atoms with Crippen molar-refractivity contribution in [3.8, 4) is 11.3 Å². The zero-order valence-electron chi connectivity index (χ0n) is 15.1. The van der Waals surface area contributed by atoms with E-state index in [1.165, 1.54) is 7.11 Å². The van der Waals surface area contributed by atoms with Crippen molar-refractivity contribution < 1.29 is 9.53 Å². The van der Waals surface area contributed by atoms with E-state index in [4.69, 9.17) is 21.3 Å². The van der Waals surface area contributed by atoms with Gasteiger partial charge < -0.3 is 10.1 Å². The Hall–Kier alpha value is -2.66. The van der Waals surface area contributed by atoms with Gasteiger partial charge in [-0.2, -0.15) is 0 Å². The molecule has 0 spiro atoms. The molecule has 0 saturated heterocycles. The molecule has 1 N–H and O–H groups in total. The highest BCUT2D eigenvalue weighted by Gasteiger charge is 2.18. The van der Waals surface area contributed by atoms with Gasteiger partial charge in [0.25, 0.3) is 0 Å². The first-order valence-corrected chi connectivity index (χ1v) is 8.58. The summed E-state index contributed by atoms with van der Waals surface area (Å²) in [5, 5.41) is 5.57. The first kappa shape index (κ1) is 18.1. The number of fused-ring (bicyclic) bond motifs is 1. The lowest BCUT2D eigenvalue weighted by molar-refractivity contribution is 0.0601. The number of nitrogens with one attached hydrogen (secondary N) is 1. The molecule has 0 saturated carbocycles. The Morgan fingerprint density at radius 3 is 2.62 bits per heavy atom. The van der Waals surface area contributed by atoms with Crippen molar-refractivity contribution in [3.05, 3.63) is 53.3 Å². The fraction of sp³-hybridized carbons (Fsp3) is 0.250. The molecule has 0 bridgehead atoms. The number of carbonyl (C=O) groups is 1.